The summed E-state index contributed by atoms with van der Waals surface area (Å²) in [6.07, 6.45) is 5.08. The van der Waals surface area contributed by atoms with Crippen LogP contribution in [0.4, 0.5) is 17.2 Å². The van der Waals surface area contributed by atoms with E-state index < -0.39 is 0 Å². The first-order valence-electron chi connectivity index (χ1n) is 9.52. The van der Waals surface area contributed by atoms with Crippen LogP contribution in [0.5, 0.6) is 0 Å². The number of aryl methyl sites for hydroxylation is 1. The van der Waals surface area contributed by atoms with Crippen molar-refractivity contribution in [3.8, 4) is 5.82 Å². The lowest BCUT2D eigenvalue weighted by molar-refractivity contribution is 0.102. The lowest BCUT2D eigenvalue weighted by atomic mass is 10.2. The molecule has 3 aromatic heterocycles. The molecule has 0 saturated carbocycles. The quantitative estimate of drug-likeness (QED) is 0.426. The lowest BCUT2D eigenvalue weighted by Gasteiger charge is -2.09. The molecule has 0 spiro atoms. The van der Waals surface area contributed by atoms with Gasteiger partial charge in [-0.1, -0.05) is 12.1 Å². The highest BCUT2D eigenvalue weighted by atomic mass is 32.1. The SMILES string of the molecule is Cc1nccn1-c1cc(Nc2ccc(NC(=O)c3nc4ccccc4s3)cc2)ncn1. The molecule has 5 rings (SSSR count). The number of para-hydroxylation sites is 1. The van der Waals surface area contributed by atoms with E-state index in [-0.39, 0.29) is 5.91 Å². The predicted octanol–water partition coefficient (Wildman–Crippen LogP) is 4.58. The highest BCUT2D eigenvalue weighted by molar-refractivity contribution is 7.20. The molecule has 2 aromatic carbocycles. The predicted molar refractivity (Wildman–Crippen MR) is 121 cm³/mol. The number of hydrogen-bond donors (Lipinski definition) is 2. The molecule has 9 heteroatoms. The molecule has 0 radical (unpaired) electrons. The third-order valence-corrected chi connectivity index (χ3v) is 5.66. The van der Waals surface area contributed by atoms with E-state index in [2.05, 4.69) is 30.6 Å². The van der Waals surface area contributed by atoms with Crippen LogP contribution in [0.1, 0.15) is 15.6 Å². The molecule has 0 bridgehead atoms. The number of carbonyl (C=O) groups is 1. The number of carbonyl (C=O) groups excluding carboxylic acids is 1. The molecule has 2 N–H and O–H groups in total. The first kappa shape index (κ1) is 18.9. The molecule has 5 aromatic rings. The average molecular weight is 427 g/mol. The molecule has 0 aliphatic carbocycles. The van der Waals surface area contributed by atoms with E-state index in [0.29, 0.717) is 16.5 Å². The Morgan fingerprint density at radius 2 is 1.81 bits per heavy atom. The summed E-state index contributed by atoms with van der Waals surface area (Å²) in [5, 5.41) is 6.57. The first-order chi connectivity index (χ1) is 15.2. The third kappa shape index (κ3) is 3.99. The molecular formula is C22H17N7OS. The Labute approximate surface area is 181 Å². The number of rotatable bonds is 5. The van der Waals surface area contributed by atoms with E-state index in [9.17, 15) is 4.79 Å². The van der Waals surface area contributed by atoms with Gasteiger partial charge in [0.05, 0.1) is 10.2 Å². The number of nitrogens with one attached hydrogen (secondary N) is 2. The average Bonchev–Trinajstić information content (AvgIpc) is 3.41. The molecule has 0 saturated heterocycles. The van der Waals surface area contributed by atoms with Crippen molar-refractivity contribution in [2.45, 2.75) is 6.92 Å². The Kier molecular flexibility index (Phi) is 4.85. The second-order valence-electron chi connectivity index (χ2n) is 6.75. The molecule has 0 fully saturated rings. The largest absolute Gasteiger partial charge is 0.340 e. The van der Waals surface area contributed by atoms with Crippen LogP contribution in [0.3, 0.4) is 0 Å². The summed E-state index contributed by atoms with van der Waals surface area (Å²) in [7, 11) is 0. The van der Waals surface area contributed by atoms with Crippen LogP contribution >= 0.6 is 11.3 Å². The van der Waals surface area contributed by atoms with Crippen LogP contribution in [-0.2, 0) is 0 Å². The van der Waals surface area contributed by atoms with Gasteiger partial charge in [0.25, 0.3) is 5.91 Å². The zero-order valence-electron chi connectivity index (χ0n) is 16.5. The third-order valence-electron chi connectivity index (χ3n) is 4.63. The number of hydrogen-bond acceptors (Lipinski definition) is 7. The summed E-state index contributed by atoms with van der Waals surface area (Å²) < 4.78 is 2.87. The summed E-state index contributed by atoms with van der Waals surface area (Å²) in [5.41, 5.74) is 2.35. The van der Waals surface area contributed by atoms with Gasteiger partial charge in [-0.25, -0.2) is 19.9 Å². The minimum atomic E-state index is -0.224. The van der Waals surface area contributed by atoms with E-state index in [4.69, 9.17) is 0 Å². The molecule has 0 aliphatic heterocycles. The van der Waals surface area contributed by atoms with Gasteiger partial charge in [0, 0.05) is 29.8 Å². The number of nitrogens with zero attached hydrogens (tertiary/aromatic N) is 5. The van der Waals surface area contributed by atoms with E-state index >= 15 is 0 Å². The fraction of sp³-hybridized carbons (Fsp3) is 0.0455. The van der Waals surface area contributed by atoms with Crippen molar-refractivity contribution in [3.05, 3.63) is 84.2 Å². The highest BCUT2D eigenvalue weighted by Crippen LogP contribution is 2.23. The molecular weight excluding hydrogens is 410 g/mol. The van der Waals surface area contributed by atoms with Crippen LogP contribution in [0.15, 0.2) is 73.3 Å². The smallest absolute Gasteiger partial charge is 0.284 e. The number of imidazole rings is 1. The summed E-state index contributed by atoms with van der Waals surface area (Å²) in [6.45, 7) is 1.91. The van der Waals surface area contributed by atoms with Gasteiger partial charge in [-0.15, -0.1) is 11.3 Å². The van der Waals surface area contributed by atoms with Gasteiger partial charge in [0.1, 0.15) is 23.8 Å². The van der Waals surface area contributed by atoms with Crippen molar-refractivity contribution in [2.75, 3.05) is 10.6 Å². The maximum Gasteiger partial charge on any atom is 0.284 e. The van der Waals surface area contributed by atoms with Crippen LogP contribution < -0.4 is 10.6 Å². The van der Waals surface area contributed by atoms with Gasteiger partial charge in [0.15, 0.2) is 5.01 Å². The molecule has 0 aliphatic rings. The summed E-state index contributed by atoms with van der Waals surface area (Å²) >= 11 is 1.37. The standard InChI is InChI=1S/C22H17N7OS/c1-14-23-10-11-29(14)20-12-19(24-13-25-20)26-15-6-8-16(9-7-15)27-21(30)22-28-17-4-2-3-5-18(17)31-22/h2-13H,1H3,(H,27,30)(H,24,25,26). The number of amides is 1. The number of thiazole rings is 1. The lowest BCUT2D eigenvalue weighted by Crippen LogP contribution is -2.11. The Morgan fingerprint density at radius 3 is 2.58 bits per heavy atom. The van der Waals surface area contributed by atoms with Gasteiger partial charge in [0.2, 0.25) is 0 Å². The normalized spacial score (nSPS) is 10.9. The van der Waals surface area contributed by atoms with Crippen molar-refractivity contribution < 1.29 is 4.79 Å². The molecule has 8 nitrogen and oxygen atoms in total. The number of fused-ring (bicyclic) bond motifs is 1. The van der Waals surface area contributed by atoms with Crippen molar-refractivity contribution in [3.63, 3.8) is 0 Å². The molecule has 1 amide bonds. The van der Waals surface area contributed by atoms with Crippen molar-refractivity contribution in [1.29, 1.82) is 0 Å². The number of aromatic nitrogens is 5. The monoisotopic (exact) mass is 427 g/mol. The molecule has 31 heavy (non-hydrogen) atoms. The minimum Gasteiger partial charge on any atom is -0.340 e. The summed E-state index contributed by atoms with van der Waals surface area (Å²) in [5.74, 6) is 2.01. The van der Waals surface area contributed by atoms with E-state index in [1.54, 1.807) is 6.20 Å². The number of benzene rings is 2. The molecule has 152 valence electrons. The summed E-state index contributed by atoms with van der Waals surface area (Å²) in [6, 6.07) is 16.9. The maximum absolute atomic E-state index is 12.5. The Balaban J connectivity index is 1.28. The Morgan fingerprint density at radius 1 is 1.00 bits per heavy atom. The fourth-order valence-electron chi connectivity index (χ4n) is 3.11. The van der Waals surface area contributed by atoms with Crippen molar-refractivity contribution in [1.82, 2.24) is 24.5 Å². The van der Waals surface area contributed by atoms with Gasteiger partial charge in [-0.2, -0.15) is 0 Å². The van der Waals surface area contributed by atoms with Gasteiger partial charge < -0.3 is 10.6 Å². The summed E-state index contributed by atoms with van der Waals surface area (Å²) in [4.78, 5) is 29.7. The molecule has 0 atom stereocenters. The van der Waals surface area contributed by atoms with Crippen molar-refractivity contribution in [2.24, 2.45) is 0 Å². The van der Waals surface area contributed by atoms with E-state index in [1.807, 2.05) is 72.3 Å². The van der Waals surface area contributed by atoms with Crippen LogP contribution in [0.2, 0.25) is 0 Å². The van der Waals surface area contributed by atoms with Gasteiger partial charge in [-0.3, -0.25) is 9.36 Å². The van der Waals surface area contributed by atoms with Crippen LogP contribution in [0, 0.1) is 6.92 Å². The fourth-order valence-corrected chi connectivity index (χ4v) is 3.97. The first-order valence-corrected chi connectivity index (χ1v) is 10.3. The highest BCUT2D eigenvalue weighted by Gasteiger charge is 2.12. The van der Waals surface area contributed by atoms with Crippen LogP contribution in [0.25, 0.3) is 16.0 Å². The minimum absolute atomic E-state index is 0.224. The van der Waals surface area contributed by atoms with Gasteiger partial charge >= 0.3 is 0 Å². The zero-order valence-corrected chi connectivity index (χ0v) is 17.3. The maximum atomic E-state index is 12.5. The van der Waals surface area contributed by atoms with E-state index in [0.717, 1.165) is 27.5 Å². The van der Waals surface area contributed by atoms with Crippen LogP contribution in [-0.4, -0.2) is 30.4 Å². The molecule has 3 heterocycles. The second kappa shape index (κ2) is 7.96. The van der Waals surface area contributed by atoms with E-state index in [1.165, 1.54) is 17.7 Å². The number of anilines is 3. The van der Waals surface area contributed by atoms with Gasteiger partial charge in [-0.05, 0) is 43.3 Å². The Bertz CT molecular complexity index is 1340. The zero-order chi connectivity index (χ0) is 21.2. The molecule has 0 unspecified atom stereocenters. The topological polar surface area (TPSA) is 97.6 Å². The second-order valence-corrected chi connectivity index (χ2v) is 7.78. The Hall–Kier alpha value is -4.11. The van der Waals surface area contributed by atoms with Crippen molar-refractivity contribution >= 4 is 44.7 Å².